The van der Waals surface area contributed by atoms with Crippen molar-refractivity contribution >= 4 is 5.97 Å². The Kier molecular flexibility index (Phi) is 8.73. The maximum absolute atomic E-state index is 12.9. The third-order valence-electron chi connectivity index (χ3n) is 5.55. The fourth-order valence-corrected chi connectivity index (χ4v) is 3.65. The third kappa shape index (κ3) is 7.21. The molecular formula is C27H28F3NO4. The van der Waals surface area contributed by atoms with Gasteiger partial charge in [-0.15, -0.1) is 0 Å². The topological polar surface area (TPSA) is 68.7 Å². The lowest BCUT2D eigenvalue weighted by molar-refractivity contribution is -0.138. The van der Waals surface area contributed by atoms with Crippen LogP contribution >= 0.6 is 0 Å². The van der Waals surface area contributed by atoms with Crippen LogP contribution in [-0.4, -0.2) is 23.2 Å². The van der Waals surface area contributed by atoms with Gasteiger partial charge in [0.1, 0.15) is 6.10 Å². The number of halogens is 3. The van der Waals surface area contributed by atoms with Gasteiger partial charge in [-0.3, -0.25) is 4.79 Å². The van der Waals surface area contributed by atoms with E-state index in [-0.39, 0.29) is 6.42 Å². The number of hydrogen-bond donors (Lipinski definition) is 1. The molecule has 5 nitrogen and oxygen atoms in total. The molecule has 0 aliphatic heterocycles. The predicted octanol–water partition coefficient (Wildman–Crippen LogP) is 7.10. The molecule has 3 rings (SSSR count). The largest absolute Gasteiger partial charge is 0.493 e. The van der Waals surface area contributed by atoms with Gasteiger partial charge < -0.3 is 14.6 Å². The molecule has 1 N–H and O–H groups in total. The second-order valence-electron chi connectivity index (χ2n) is 8.15. The minimum Gasteiger partial charge on any atom is -0.493 e. The highest BCUT2D eigenvalue weighted by atomic mass is 19.4. The van der Waals surface area contributed by atoms with Crippen LogP contribution < -0.4 is 9.47 Å². The summed E-state index contributed by atoms with van der Waals surface area (Å²) in [5.41, 5.74) is 1.91. The van der Waals surface area contributed by atoms with Crippen molar-refractivity contribution in [2.45, 2.75) is 51.3 Å². The molecule has 0 unspecified atom stereocenters. The fourth-order valence-electron chi connectivity index (χ4n) is 3.65. The Morgan fingerprint density at radius 3 is 2.43 bits per heavy atom. The van der Waals surface area contributed by atoms with E-state index in [0.717, 1.165) is 30.5 Å². The number of ether oxygens (including phenoxy) is 2. The monoisotopic (exact) mass is 487 g/mol. The number of pyridine rings is 1. The van der Waals surface area contributed by atoms with Crippen LogP contribution in [0.4, 0.5) is 13.2 Å². The lowest BCUT2D eigenvalue weighted by atomic mass is 10.0. The maximum atomic E-state index is 12.9. The van der Waals surface area contributed by atoms with Gasteiger partial charge in [-0.05, 0) is 61.2 Å². The van der Waals surface area contributed by atoms with Crippen molar-refractivity contribution in [2.75, 3.05) is 7.11 Å². The number of carboxylic acid groups (broad SMARTS) is 1. The fraction of sp³-hybridized carbons (Fsp3) is 0.333. The van der Waals surface area contributed by atoms with Crippen LogP contribution in [0.15, 0.2) is 60.7 Å². The molecule has 0 spiro atoms. The average molecular weight is 488 g/mol. The second kappa shape index (κ2) is 11.7. The molecule has 8 heteroatoms. The molecule has 1 heterocycles. The Hall–Kier alpha value is -3.55. The number of alkyl halides is 3. The second-order valence-corrected chi connectivity index (χ2v) is 8.15. The van der Waals surface area contributed by atoms with Crippen molar-refractivity contribution in [3.63, 3.8) is 0 Å². The van der Waals surface area contributed by atoms with E-state index in [1.54, 1.807) is 18.2 Å². The molecule has 0 radical (unpaired) electrons. The van der Waals surface area contributed by atoms with Crippen molar-refractivity contribution in [3.05, 3.63) is 77.5 Å². The van der Waals surface area contributed by atoms with Crippen molar-refractivity contribution in [3.8, 4) is 22.8 Å². The number of rotatable bonds is 11. The van der Waals surface area contributed by atoms with Crippen LogP contribution in [0.1, 0.15) is 55.5 Å². The van der Waals surface area contributed by atoms with Gasteiger partial charge in [-0.25, -0.2) is 4.98 Å². The van der Waals surface area contributed by atoms with Crippen molar-refractivity contribution < 1.29 is 32.5 Å². The van der Waals surface area contributed by atoms with Gasteiger partial charge in [-0.2, -0.15) is 13.2 Å². The zero-order valence-electron chi connectivity index (χ0n) is 19.6. The molecule has 0 fully saturated rings. The van der Waals surface area contributed by atoms with Crippen LogP contribution in [0, 0.1) is 0 Å². The van der Waals surface area contributed by atoms with Crippen molar-refractivity contribution in [1.82, 2.24) is 4.98 Å². The first kappa shape index (κ1) is 26.1. The molecule has 1 atom stereocenters. The summed E-state index contributed by atoms with van der Waals surface area (Å²) in [7, 11) is 1.52. The summed E-state index contributed by atoms with van der Waals surface area (Å²) in [5, 5.41) is 8.92. The highest BCUT2D eigenvalue weighted by Crippen LogP contribution is 2.35. The molecule has 0 saturated heterocycles. The van der Waals surface area contributed by atoms with E-state index in [2.05, 4.69) is 6.92 Å². The van der Waals surface area contributed by atoms with E-state index in [4.69, 9.17) is 19.6 Å². The van der Waals surface area contributed by atoms with E-state index in [9.17, 15) is 18.0 Å². The molecule has 35 heavy (non-hydrogen) atoms. The van der Waals surface area contributed by atoms with Gasteiger partial charge in [0.2, 0.25) is 0 Å². The SMILES string of the molecule is CCCC[C@@H](Oc1ccc(CCC(=O)O)cc1OC)c1cccc(-c2ccc(C(F)(F)F)cc2)n1. The summed E-state index contributed by atoms with van der Waals surface area (Å²) in [6.45, 7) is 2.07. The number of methoxy groups -OCH3 is 1. The lowest BCUT2D eigenvalue weighted by Crippen LogP contribution is -2.11. The predicted molar refractivity (Wildman–Crippen MR) is 127 cm³/mol. The van der Waals surface area contributed by atoms with Crippen LogP contribution in [-0.2, 0) is 17.4 Å². The average Bonchev–Trinajstić information content (AvgIpc) is 2.85. The number of carbonyl (C=O) groups is 1. The molecule has 0 bridgehead atoms. The normalized spacial score (nSPS) is 12.3. The molecule has 2 aromatic carbocycles. The van der Waals surface area contributed by atoms with E-state index in [0.29, 0.717) is 41.3 Å². The van der Waals surface area contributed by atoms with Gasteiger partial charge in [-0.1, -0.05) is 37.6 Å². The first-order valence-corrected chi connectivity index (χ1v) is 11.4. The Balaban J connectivity index is 1.87. The molecule has 0 aliphatic rings. The molecule has 186 valence electrons. The van der Waals surface area contributed by atoms with E-state index in [1.807, 2.05) is 18.2 Å². The number of benzene rings is 2. The third-order valence-corrected chi connectivity index (χ3v) is 5.55. The summed E-state index contributed by atoms with van der Waals surface area (Å²) in [6.07, 6.45) is -1.88. The summed E-state index contributed by atoms with van der Waals surface area (Å²) in [6, 6.07) is 15.6. The highest BCUT2D eigenvalue weighted by Gasteiger charge is 2.30. The van der Waals surface area contributed by atoms with Crippen molar-refractivity contribution in [2.24, 2.45) is 0 Å². The number of nitrogens with zero attached hydrogens (tertiary/aromatic N) is 1. The van der Waals surface area contributed by atoms with Gasteiger partial charge >= 0.3 is 12.1 Å². The first-order valence-electron chi connectivity index (χ1n) is 11.4. The Bertz CT molecular complexity index is 1130. The highest BCUT2D eigenvalue weighted by molar-refractivity contribution is 5.67. The van der Waals surface area contributed by atoms with Gasteiger partial charge in [0, 0.05) is 12.0 Å². The molecule has 0 aliphatic carbocycles. The van der Waals surface area contributed by atoms with E-state index in [1.165, 1.54) is 19.2 Å². The maximum Gasteiger partial charge on any atom is 0.416 e. The number of aliphatic carboxylic acids is 1. The summed E-state index contributed by atoms with van der Waals surface area (Å²) in [4.78, 5) is 15.6. The number of aryl methyl sites for hydroxylation is 1. The molecular weight excluding hydrogens is 459 g/mol. The van der Waals surface area contributed by atoms with Crippen molar-refractivity contribution in [1.29, 1.82) is 0 Å². The Morgan fingerprint density at radius 1 is 1.06 bits per heavy atom. The molecule has 3 aromatic rings. The minimum atomic E-state index is -4.39. The quantitative estimate of drug-likeness (QED) is 0.312. The standard InChI is InChI=1S/C27H28F3NO4/c1-3-4-8-23(35-24-15-9-18(10-16-26(32)33)17-25(24)34-2)22-7-5-6-21(31-22)19-11-13-20(14-12-19)27(28,29)30/h5-7,9,11-15,17,23H,3-4,8,10,16H2,1-2H3,(H,32,33)/t23-/m1/s1. The van der Waals surface area contributed by atoms with Gasteiger partial charge in [0.25, 0.3) is 0 Å². The molecule has 0 amide bonds. The van der Waals surface area contributed by atoms with E-state index >= 15 is 0 Å². The number of unbranched alkanes of at least 4 members (excludes halogenated alkanes) is 1. The van der Waals surface area contributed by atoms with E-state index < -0.39 is 23.8 Å². The lowest BCUT2D eigenvalue weighted by Gasteiger charge is -2.21. The smallest absolute Gasteiger partial charge is 0.416 e. The molecule has 1 aromatic heterocycles. The Morgan fingerprint density at radius 2 is 1.80 bits per heavy atom. The van der Waals surface area contributed by atoms with Crippen LogP contribution in [0.2, 0.25) is 0 Å². The van der Waals surface area contributed by atoms with Gasteiger partial charge in [0.05, 0.1) is 24.1 Å². The summed E-state index contributed by atoms with van der Waals surface area (Å²) < 4.78 is 50.5. The minimum absolute atomic E-state index is 0.0170. The summed E-state index contributed by atoms with van der Waals surface area (Å²) >= 11 is 0. The number of carboxylic acids is 1. The number of hydrogen-bond acceptors (Lipinski definition) is 4. The summed E-state index contributed by atoms with van der Waals surface area (Å²) in [5.74, 6) is 0.130. The number of aromatic nitrogens is 1. The first-order chi connectivity index (χ1) is 16.7. The zero-order chi connectivity index (χ0) is 25.4. The van der Waals surface area contributed by atoms with Crippen LogP contribution in [0.3, 0.4) is 0 Å². The van der Waals surface area contributed by atoms with Crippen LogP contribution in [0.5, 0.6) is 11.5 Å². The Labute approximate surface area is 202 Å². The zero-order valence-corrected chi connectivity index (χ0v) is 19.6. The molecule has 0 saturated carbocycles. The van der Waals surface area contributed by atoms with Gasteiger partial charge in [0.15, 0.2) is 11.5 Å². The van der Waals surface area contributed by atoms with Crippen LogP contribution in [0.25, 0.3) is 11.3 Å².